The number of amides is 2. The fourth-order valence-electron chi connectivity index (χ4n) is 2.33. The van der Waals surface area contributed by atoms with Gasteiger partial charge in [0.1, 0.15) is 12.1 Å². The van der Waals surface area contributed by atoms with Crippen molar-refractivity contribution in [3.63, 3.8) is 0 Å². The zero-order valence-electron chi connectivity index (χ0n) is 13.9. The molecule has 0 aliphatic carbocycles. The zero-order valence-corrected chi connectivity index (χ0v) is 13.9. The van der Waals surface area contributed by atoms with Crippen LogP contribution in [0, 0.1) is 0 Å². The monoisotopic (exact) mass is 320 g/mol. The second-order valence-corrected chi connectivity index (χ2v) is 6.69. The van der Waals surface area contributed by atoms with Gasteiger partial charge in [0, 0.05) is 19.6 Å². The first-order valence-electron chi connectivity index (χ1n) is 7.73. The van der Waals surface area contributed by atoms with Gasteiger partial charge in [-0.1, -0.05) is 24.3 Å². The summed E-state index contributed by atoms with van der Waals surface area (Å²) in [5.74, 6) is -0.0895. The van der Waals surface area contributed by atoms with Crippen molar-refractivity contribution in [1.82, 2.24) is 9.80 Å². The van der Waals surface area contributed by atoms with Gasteiger partial charge < -0.3 is 14.7 Å². The Morgan fingerprint density at radius 2 is 1.78 bits per heavy atom. The number of hydrogen-bond acceptors (Lipinski definition) is 4. The number of aliphatic hydroxyl groups excluding tert-OH is 1. The Labute approximate surface area is 136 Å². The van der Waals surface area contributed by atoms with Gasteiger partial charge in [0.2, 0.25) is 5.91 Å². The number of hydrogen-bond donors (Lipinski definition) is 1. The summed E-state index contributed by atoms with van der Waals surface area (Å²) >= 11 is 0. The third-order valence-electron chi connectivity index (χ3n) is 3.55. The smallest absolute Gasteiger partial charge is 0.410 e. The third kappa shape index (κ3) is 4.96. The van der Waals surface area contributed by atoms with Crippen LogP contribution in [0.25, 0.3) is 0 Å². The molecule has 0 bridgehead atoms. The van der Waals surface area contributed by atoms with E-state index in [1.165, 1.54) is 4.90 Å². The molecule has 2 rings (SSSR count). The normalized spacial score (nSPS) is 15.7. The van der Waals surface area contributed by atoms with Crippen molar-refractivity contribution in [1.29, 1.82) is 0 Å². The van der Waals surface area contributed by atoms with Crippen molar-refractivity contribution in [3.8, 4) is 0 Å². The predicted octanol–water partition coefficient (Wildman–Crippen LogP) is 1.76. The lowest BCUT2D eigenvalue weighted by molar-refractivity contribution is -0.136. The number of piperazine rings is 1. The first kappa shape index (κ1) is 17.3. The lowest BCUT2D eigenvalue weighted by Crippen LogP contribution is -2.52. The van der Waals surface area contributed by atoms with Crippen LogP contribution in [0.15, 0.2) is 24.3 Å². The molecule has 1 aromatic rings. The van der Waals surface area contributed by atoms with Gasteiger partial charge in [-0.05, 0) is 31.9 Å². The summed E-state index contributed by atoms with van der Waals surface area (Å²) in [6, 6.07) is 7.49. The van der Waals surface area contributed by atoms with E-state index in [0.29, 0.717) is 19.6 Å². The highest BCUT2D eigenvalue weighted by atomic mass is 16.6. The zero-order chi connectivity index (χ0) is 17.0. The van der Waals surface area contributed by atoms with Crippen LogP contribution >= 0.6 is 0 Å². The molecule has 0 unspecified atom stereocenters. The second-order valence-electron chi connectivity index (χ2n) is 6.69. The van der Waals surface area contributed by atoms with E-state index in [-0.39, 0.29) is 19.1 Å². The van der Waals surface area contributed by atoms with Crippen molar-refractivity contribution in [2.75, 3.05) is 19.6 Å². The van der Waals surface area contributed by atoms with E-state index >= 15 is 0 Å². The first-order chi connectivity index (χ1) is 10.8. The number of carbonyl (C=O) groups is 2. The Balaban J connectivity index is 1.91. The molecule has 0 spiro atoms. The van der Waals surface area contributed by atoms with E-state index in [0.717, 1.165) is 11.1 Å². The molecule has 2 amide bonds. The highest BCUT2D eigenvalue weighted by Crippen LogP contribution is 2.14. The third-order valence-corrected chi connectivity index (χ3v) is 3.55. The summed E-state index contributed by atoms with van der Waals surface area (Å²) in [5, 5.41) is 9.04. The van der Waals surface area contributed by atoms with Crippen LogP contribution in [0.5, 0.6) is 0 Å². The molecule has 126 valence electrons. The molecule has 6 heteroatoms. The molecular weight excluding hydrogens is 296 g/mol. The lowest BCUT2D eigenvalue weighted by Gasteiger charge is -2.35. The first-order valence-corrected chi connectivity index (χ1v) is 7.73. The Morgan fingerprint density at radius 1 is 1.17 bits per heavy atom. The number of aliphatic hydroxyl groups is 1. The molecule has 1 saturated heterocycles. The summed E-state index contributed by atoms with van der Waals surface area (Å²) in [5.41, 5.74) is 1.28. The van der Waals surface area contributed by atoms with Crippen LogP contribution in [0.4, 0.5) is 4.79 Å². The second kappa shape index (κ2) is 7.00. The van der Waals surface area contributed by atoms with E-state index in [1.54, 1.807) is 25.7 Å². The fourth-order valence-corrected chi connectivity index (χ4v) is 2.33. The summed E-state index contributed by atoms with van der Waals surface area (Å²) < 4.78 is 5.30. The minimum atomic E-state index is -0.564. The van der Waals surface area contributed by atoms with Gasteiger partial charge >= 0.3 is 6.09 Å². The highest BCUT2D eigenvalue weighted by molar-refractivity contribution is 5.83. The Kier molecular flexibility index (Phi) is 5.26. The number of benzene rings is 1. The van der Waals surface area contributed by atoms with Crippen LogP contribution in [-0.4, -0.2) is 52.1 Å². The molecule has 0 saturated carbocycles. The molecule has 0 aromatic heterocycles. The molecule has 6 nitrogen and oxygen atoms in total. The molecule has 1 N–H and O–H groups in total. The minimum absolute atomic E-state index is 0.00771. The number of nitrogens with zero attached hydrogens (tertiary/aromatic N) is 2. The van der Waals surface area contributed by atoms with Crippen molar-refractivity contribution >= 4 is 12.0 Å². The minimum Gasteiger partial charge on any atom is -0.444 e. The van der Waals surface area contributed by atoms with Crippen LogP contribution in [0.3, 0.4) is 0 Å². The molecular formula is C17H24N2O4. The molecule has 1 aliphatic rings. The van der Waals surface area contributed by atoms with Gasteiger partial charge in [-0.25, -0.2) is 4.79 Å². The lowest BCUT2D eigenvalue weighted by atomic mass is 10.1. The van der Waals surface area contributed by atoms with Gasteiger partial charge in [0.25, 0.3) is 0 Å². The van der Waals surface area contributed by atoms with Gasteiger partial charge in [0.05, 0.1) is 6.61 Å². The SMILES string of the molecule is CC(C)(C)OC(=O)N1CCN(Cc2ccc(CO)cc2)C(=O)C1. The van der Waals surface area contributed by atoms with Crippen molar-refractivity contribution in [2.24, 2.45) is 0 Å². The van der Waals surface area contributed by atoms with E-state index in [9.17, 15) is 9.59 Å². The summed E-state index contributed by atoms with van der Waals surface area (Å²) in [7, 11) is 0. The van der Waals surface area contributed by atoms with E-state index in [1.807, 2.05) is 24.3 Å². The summed E-state index contributed by atoms with van der Waals surface area (Å²) in [6.45, 7) is 6.93. The standard InChI is InChI=1S/C17H24N2O4/c1-17(2,3)23-16(22)19-9-8-18(15(21)11-19)10-13-4-6-14(12-20)7-5-13/h4-7,20H,8-12H2,1-3H3. The van der Waals surface area contributed by atoms with Gasteiger partial charge in [-0.3, -0.25) is 9.69 Å². The maximum atomic E-state index is 12.2. The van der Waals surface area contributed by atoms with Crippen LogP contribution in [0.2, 0.25) is 0 Å². The van der Waals surface area contributed by atoms with E-state index in [2.05, 4.69) is 0 Å². The fraction of sp³-hybridized carbons (Fsp3) is 0.529. The molecule has 23 heavy (non-hydrogen) atoms. The highest BCUT2D eigenvalue weighted by Gasteiger charge is 2.30. The predicted molar refractivity (Wildman–Crippen MR) is 85.6 cm³/mol. The van der Waals surface area contributed by atoms with Crippen molar-refractivity contribution in [3.05, 3.63) is 35.4 Å². The van der Waals surface area contributed by atoms with Gasteiger partial charge in [-0.15, -0.1) is 0 Å². The molecule has 1 aliphatic heterocycles. The maximum absolute atomic E-state index is 12.2. The van der Waals surface area contributed by atoms with Crippen LogP contribution < -0.4 is 0 Å². The van der Waals surface area contributed by atoms with E-state index in [4.69, 9.17) is 9.84 Å². The molecule has 1 heterocycles. The summed E-state index contributed by atoms with van der Waals surface area (Å²) in [4.78, 5) is 27.4. The van der Waals surface area contributed by atoms with Gasteiger partial charge in [-0.2, -0.15) is 0 Å². The number of carbonyl (C=O) groups excluding carboxylic acids is 2. The number of rotatable bonds is 3. The van der Waals surface area contributed by atoms with Crippen LogP contribution in [0.1, 0.15) is 31.9 Å². The Hall–Kier alpha value is -2.08. The number of ether oxygens (including phenoxy) is 1. The average Bonchev–Trinajstić information content (AvgIpc) is 2.48. The van der Waals surface area contributed by atoms with Crippen molar-refractivity contribution in [2.45, 2.75) is 39.5 Å². The molecule has 1 fully saturated rings. The van der Waals surface area contributed by atoms with Gasteiger partial charge in [0.15, 0.2) is 0 Å². The quantitative estimate of drug-likeness (QED) is 0.921. The Morgan fingerprint density at radius 3 is 2.30 bits per heavy atom. The molecule has 0 atom stereocenters. The Bertz CT molecular complexity index is 563. The summed E-state index contributed by atoms with van der Waals surface area (Å²) in [6.07, 6.45) is -0.446. The molecule has 1 aromatic carbocycles. The van der Waals surface area contributed by atoms with Crippen molar-refractivity contribution < 1.29 is 19.4 Å². The topological polar surface area (TPSA) is 70.1 Å². The van der Waals surface area contributed by atoms with Crippen LogP contribution in [-0.2, 0) is 22.7 Å². The largest absolute Gasteiger partial charge is 0.444 e. The molecule has 0 radical (unpaired) electrons. The maximum Gasteiger partial charge on any atom is 0.410 e. The average molecular weight is 320 g/mol. The van der Waals surface area contributed by atoms with E-state index < -0.39 is 11.7 Å².